The van der Waals surface area contributed by atoms with Crippen LogP contribution in [0.25, 0.3) is 0 Å². The number of aromatic amines is 1. The molecule has 1 aromatic heterocycles. The van der Waals surface area contributed by atoms with Crippen LogP contribution < -0.4 is 15.0 Å². The molecule has 0 fully saturated rings. The Morgan fingerprint density at radius 3 is 2.54 bits per heavy atom. The fourth-order valence-electron chi connectivity index (χ4n) is 2.32. The van der Waals surface area contributed by atoms with Gasteiger partial charge in [-0.2, -0.15) is 5.26 Å². The summed E-state index contributed by atoms with van der Waals surface area (Å²) in [7, 11) is 2.94. The van der Waals surface area contributed by atoms with E-state index in [9.17, 15) is 19.6 Å². The van der Waals surface area contributed by atoms with E-state index in [4.69, 9.17) is 14.2 Å². The highest BCUT2D eigenvalue weighted by Crippen LogP contribution is 2.27. The smallest absolute Gasteiger partial charge is 0.316 e. The molecule has 2 aromatic rings. The van der Waals surface area contributed by atoms with Crippen LogP contribution in [0.1, 0.15) is 21.5 Å². The minimum Gasteiger partial charge on any atom is -0.493 e. The summed E-state index contributed by atoms with van der Waals surface area (Å²) in [6.45, 7) is 1.20. The number of hydrogen-bond acceptors (Lipinski definition) is 8. The number of hydrogen-bond donors (Lipinski definition) is 1. The van der Waals surface area contributed by atoms with Gasteiger partial charge in [0.1, 0.15) is 6.07 Å². The Labute approximate surface area is 165 Å². The first-order valence-corrected chi connectivity index (χ1v) is 9.05. The van der Waals surface area contributed by atoms with E-state index in [0.717, 1.165) is 11.8 Å². The monoisotopic (exact) mass is 402 g/mol. The topological polar surface area (TPSA) is 118 Å². The number of aromatic nitrogens is 1. The van der Waals surface area contributed by atoms with Gasteiger partial charge in [-0.25, -0.2) is 0 Å². The normalized spacial score (nSPS) is 10.1. The van der Waals surface area contributed by atoms with Crippen molar-refractivity contribution < 1.29 is 23.8 Å². The molecular weight excluding hydrogens is 384 g/mol. The molecule has 0 aliphatic heterocycles. The number of nitriles is 1. The minimum atomic E-state index is -0.648. The number of carbonyl (C=O) groups is 2. The van der Waals surface area contributed by atoms with Crippen LogP contribution in [0.15, 0.2) is 34.1 Å². The fourth-order valence-corrected chi connectivity index (χ4v) is 3.19. The molecule has 9 heteroatoms. The van der Waals surface area contributed by atoms with Crippen LogP contribution in [0.2, 0.25) is 0 Å². The number of pyridine rings is 1. The van der Waals surface area contributed by atoms with Gasteiger partial charge < -0.3 is 19.2 Å². The molecule has 0 aliphatic carbocycles. The van der Waals surface area contributed by atoms with Gasteiger partial charge in [0, 0.05) is 11.6 Å². The average Bonchev–Trinajstić information content (AvgIpc) is 2.69. The van der Waals surface area contributed by atoms with Gasteiger partial charge in [-0.3, -0.25) is 14.4 Å². The molecule has 28 heavy (non-hydrogen) atoms. The van der Waals surface area contributed by atoms with Gasteiger partial charge in [-0.15, -0.1) is 0 Å². The first-order chi connectivity index (χ1) is 13.4. The number of rotatable bonds is 8. The SMILES string of the molecule is COc1ccc(C(=O)COC(=O)CSc2[nH]c(=O)cc(C)c2C#N)cc1OC. The maximum absolute atomic E-state index is 12.2. The van der Waals surface area contributed by atoms with Crippen molar-refractivity contribution in [2.45, 2.75) is 11.9 Å². The fraction of sp³-hybridized carbons (Fsp3) is 0.263. The van der Waals surface area contributed by atoms with Gasteiger partial charge in [0.15, 0.2) is 23.9 Å². The predicted octanol–water partition coefficient (Wildman–Crippen LogP) is 2.09. The lowest BCUT2D eigenvalue weighted by Crippen LogP contribution is -2.16. The third kappa shape index (κ3) is 5.14. The Morgan fingerprint density at radius 1 is 1.18 bits per heavy atom. The number of aryl methyl sites for hydroxylation is 1. The Morgan fingerprint density at radius 2 is 1.89 bits per heavy atom. The van der Waals surface area contributed by atoms with E-state index in [-0.39, 0.29) is 16.3 Å². The average molecular weight is 402 g/mol. The van der Waals surface area contributed by atoms with E-state index in [0.29, 0.717) is 28.2 Å². The number of nitrogens with zero attached hydrogens (tertiary/aromatic N) is 1. The maximum Gasteiger partial charge on any atom is 0.316 e. The van der Waals surface area contributed by atoms with Crippen molar-refractivity contribution in [2.75, 3.05) is 26.6 Å². The first kappa shape index (κ1) is 21.1. The van der Waals surface area contributed by atoms with Crippen molar-refractivity contribution in [3.63, 3.8) is 0 Å². The number of H-pyrrole nitrogens is 1. The van der Waals surface area contributed by atoms with E-state index in [1.807, 2.05) is 6.07 Å². The van der Waals surface area contributed by atoms with Gasteiger partial charge in [0.2, 0.25) is 5.56 Å². The summed E-state index contributed by atoms with van der Waals surface area (Å²) in [5.74, 6) is -0.339. The standard InChI is InChI=1S/C19H18N2O6S/c1-11-6-17(23)21-19(13(11)8-20)28-10-18(24)27-9-14(22)12-4-5-15(25-2)16(7-12)26-3/h4-7H,9-10H2,1-3H3,(H,21,23). The molecule has 2 rings (SSSR count). The molecule has 0 saturated heterocycles. The Kier molecular flexibility index (Phi) is 7.23. The Bertz CT molecular complexity index is 993. The van der Waals surface area contributed by atoms with E-state index in [1.54, 1.807) is 19.1 Å². The van der Waals surface area contributed by atoms with Crippen LogP contribution in [0.4, 0.5) is 0 Å². The zero-order valence-corrected chi connectivity index (χ0v) is 16.3. The number of ketones is 1. The second-order valence-corrected chi connectivity index (χ2v) is 6.56. The lowest BCUT2D eigenvalue weighted by Gasteiger charge is -2.09. The Hall–Kier alpha value is -3.25. The number of ether oxygens (including phenoxy) is 3. The maximum atomic E-state index is 12.2. The molecule has 0 radical (unpaired) electrons. The first-order valence-electron chi connectivity index (χ1n) is 8.07. The molecule has 0 spiro atoms. The van der Waals surface area contributed by atoms with Gasteiger partial charge in [0.05, 0.1) is 30.6 Å². The molecule has 0 aliphatic rings. The van der Waals surface area contributed by atoms with Crippen LogP contribution in [0, 0.1) is 18.3 Å². The summed E-state index contributed by atoms with van der Waals surface area (Å²) in [6.07, 6.45) is 0. The van der Waals surface area contributed by atoms with Crippen molar-refractivity contribution in [3.8, 4) is 17.6 Å². The van der Waals surface area contributed by atoms with Crippen molar-refractivity contribution in [3.05, 3.63) is 51.3 Å². The van der Waals surface area contributed by atoms with E-state index in [1.165, 1.54) is 26.4 Å². The highest BCUT2D eigenvalue weighted by atomic mass is 32.2. The second kappa shape index (κ2) is 9.62. The summed E-state index contributed by atoms with van der Waals surface area (Å²) in [4.78, 5) is 38.2. The second-order valence-electron chi connectivity index (χ2n) is 5.57. The number of methoxy groups -OCH3 is 2. The number of thioether (sulfide) groups is 1. The third-order valence-electron chi connectivity index (χ3n) is 3.72. The highest BCUT2D eigenvalue weighted by molar-refractivity contribution is 7.99. The molecule has 146 valence electrons. The van der Waals surface area contributed by atoms with Crippen LogP contribution in [0.3, 0.4) is 0 Å². The molecular formula is C19H18N2O6S. The molecule has 0 bridgehead atoms. The van der Waals surface area contributed by atoms with Gasteiger partial charge in [-0.1, -0.05) is 11.8 Å². The van der Waals surface area contributed by atoms with Crippen LogP contribution in [-0.2, 0) is 9.53 Å². The molecule has 0 atom stereocenters. The number of esters is 1. The van der Waals surface area contributed by atoms with E-state index < -0.39 is 18.4 Å². The van der Waals surface area contributed by atoms with E-state index >= 15 is 0 Å². The number of Topliss-reactive ketones (excluding diaryl/α,β-unsaturated/α-hetero) is 1. The summed E-state index contributed by atoms with van der Waals surface area (Å²) >= 11 is 0.966. The molecule has 0 unspecified atom stereocenters. The zero-order valence-electron chi connectivity index (χ0n) is 15.5. The van der Waals surface area contributed by atoms with Crippen molar-refractivity contribution in [2.24, 2.45) is 0 Å². The van der Waals surface area contributed by atoms with Crippen LogP contribution >= 0.6 is 11.8 Å². The number of nitrogens with one attached hydrogen (secondary N) is 1. The summed E-state index contributed by atoms with van der Waals surface area (Å²) in [6, 6.07) is 7.93. The lowest BCUT2D eigenvalue weighted by molar-refractivity contribution is -0.139. The number of benzene rings is 1. The van der Waals surface area contributed by atoms with Crippen LogP contribution in [0.5, 0.6) is 11.5 Å². The largest absolute Gasteiger partial charge is 0.493 e. The molecule has 8 nitrogen and oxygen atoms in total. The van der Waals surface area contributed by atoms with E-state index in [2.05, 4.69) is 4.98 Å². The molecule has 1 N–H and O–H groups in total. The third-order valence-corrected chi connectivity index (χ3v) is 4.70. The van der Waals surface area contributed by atoms with Gasteiger partial charge in [-0.05, 0) is 30.7 Å². The van der Waals surface area contributed by atoms with Crippen molar-refractivity contribution in [1.82, 2.24) is 4.98 Å². The van der Waals surface area contributed by atoms with Gasteiger partial charge >= 0.3 is 5.97 Å². The molecule has 0 amide bonds. The molecule has 1 heterocycles. The van der Waals surface area contributed by atoms with Gasteiger partial charge in [0.25, 0.3) is 0 Å². The van der Waals surface area contributed by atoms with Crippen LogP contribution in [-0.4, -0.2) is 43.3 Å². The molecule has 0 saturated carbocycles. The summed E-state index contributed by atoms with van der Waals surface area (Å²) in [5.41, 5.74) is 0.758. The van der Waals surface area contributed by atoms with Crippen molar-refractivity contribution in [1.29, 1.82) is 5.26 Å². The predicted molar refractivity (Wildman–Crippen MR) is 102 cm³/mol. The Balaban J connectivity index is 1.95. The minimum absolute atomic E-state index is 0.159. The quantitative estimate of drug-likeness (QED) is 0.405. The number of carbonyl (C=O) groups excluding carboxylic acids is 2. The summed E-state index contributed by atoms with van der Waals surface area (Å²) < 4.78 is 15.2. The lowest BCUT2D eigenvalue weighted by atomic mass is 10.1. The van der Waals surface area contributed by atoms with Crippen molar-refractivity contribution >= 4 is 23.5 Å². The zero-order chi connectivity index (χ0) is 20.7. The summed E-state index contributed by atoms with van der Waals surface area (Å²) in [5, 5.41) is 9.46. The highest BCUT2D eigenvalue weighted by Gasteiger charge is 2.15. The molecule has 1 aromatic carbocycles.